The Balaban J connectivity index is 1.19. The molecule has 11 heteroatoms. The summed E-state index contributed by atoms with van der Waals surface area (Å²) in [7, 11) is 0. The number of likely N-dealkylation sites (tertiary alicyclic amines) is 1. The highest BCUT2D eigenvalue weighted by Gasteiger charge is 2.41. The molecule has 3 aliphatic rings. The fourth-order valence-electron chi connectivity index (χ4n) is 5.56. The number of nitrogens with one attached hydrogen (secondary N) is 1. The molecule has 3 amide bonds. The minimum Gasteiger partial charge on any atom is -0.452 e. The van der Waals surface area contributed by atoms with Crippen molar-refractivity contribution < 1.29 is 23.9 Å². The molecule has 0 saturated carbocycles. The lowest BCUT2D eigenvalue weighted by Gasteiger charge is -2.33. The van der Waals surface area contributed by atoms with Crippen LogP contribution in [0.25, 0.3) is 10.8 Å². The SMILES string of the molecule is C=C1CCC(N2C(=O)c3cccc4c(Oc5cnn(C6CCN(C(=O)OC(C)(C)C)CC6)c5)cnc2c34)C(=O)N1. The van der Waals surface area contributed by atoms with E-state index in [-0.39, 0.29) is 23.9 Å². The van der Waals surface area contributed by atoms with E-state index in [1.807, 2.05) is 37.7 Å². The quantitative estimate of drug-likeness (QED) is 0.512. The van der Waals surface area contributed by atoms with Crippen molar-refractivity contribution in [3.63, 3.8) is 0 Å². The third-order valence-electron chi connectivity index (χ3n) is 7.46. The number of piperidine rings is 2. The van der Waals surface area contributed by atoms with Gasteiger partial charge in [0.15, 0.2) is 11.5 Å². The minimum absolute atomic E-state index is 0.130. The van der Waals surface area contributed by atoms with Crippen molar-refractivity contribution in [3.8, 4) is 11.5 Å². The molecule has 2 fully saturated rings. The summed E-state index contributed by atoms with van der Waals surface area (Å²) >= 11 is 0. The van der Waals surface area contributed by atoms with Crippen LogP contribution in [0.15, 0.2) is 49.1 Å². The Kier molecular flexibility index (Phi) is 6.24. The Labute approximate surface area is 231 Å². The van der Waals surface area contributed by atoms with Crippen LogP contribution < -0.4 is 15.0 Å². The molecule has 5 heterocycles. The number of anilines is 1. The second-order valence-corrected chi connectivity index (χ2v) is 11.5. The number of hydrogen-bond acceptors (Lipinski definition) is 7. The molecule has 6 rings (SSSR count). The van der Waals surface area contributed by atoms with Crippen molar-refractivity contribution >= 4 is 34.5 Å². The Morgan fingerprint density at radius 3 is 2.62 bits per heavy atom. The smallest absolute Gasteiger partial charge is 0.410 e. The number of aromatic nitrogens is 3. The summed E-state index contributed by atoms with van der Waals surface area (Å²) in [5, 5.41) is 8.68. The highest BCUT2D eigenvalue weighted by atomic mass is 16.6. The van der Waals surface area contributed by atoms with Gasteiger partial charge in [0.1, 0.15) is 17.5 Å². The zero-order valence-corrected chi connectivity index (χ0v) is 22.8. The highest BCUT2D eigenvalue weighted by Crippen LogP contribution is 2.42. The van der Waals surface area contributed by atoms with Crippen molar-refractivity contribution in [2.45, 2.75) is 64.1 Å². The fraction of sp³-hybridized carbons (Fsp3) is 0.414. The average Bonchev–Trinajstić information content (AvgIpc) is 3.49. The second kappa shape index (κ2) is 9.65. The number of pyridine rings is 1. The third kappa shape index (κ3) is 4.65. The molecule has 3 aromatic rings. The standard InChI is InChI=1S/C29H32N6O5/c1-17-8-9-22(26(36)32-17)35-25-24-20(6-5-7-21(24)27(35)37)23(15-30-25)39-19-14-31-34(16-19)18-10-12-33(13-11-18)28(38)40-29(2,3)4/h5-7,14-16,18,22H,1,8-13H2,2-4H3,(H,32,36). The van der Waals surface area contributed by atoms with Crippen LogP contribution in [0.4, 0.5) is 10.6 Å². The van der Waals surface area contributed by atoms with Crippen LogP contribution >= 0.6 is 0 Å². The number of nitrogens with zero attached hydrogens (tertiary/aromatic N) is 5. The third-order valence-corrected chi connectivity index (χ3v) is 7.46. The predicted octanol–water partition coefficient (Wildman–Crippen LogP) is 4.55. The van der Waals surface area contributed by atoms with Gasteiger partial charge in [0, 0.05) is 29.6 Å². The Morgan fingerprint density at radius 2 is 1.90 bits per heavy atom. The van der Waals surface area contributed by atoms with Gasteiger partial charge in [-0.15, -0.1) is 0 Å². The molecule has 3 aliphatic heterocycles. The van der Waals surface area contributed by atoms with Crippen LogP contribution in [0, 0.1) is 0 Å². The maximum absolute atomic E-state index is 13.4. The normalized spacial score (nSPS) is 19.8. The Bertz CT molecular complexity index is 1530. The van der Waals surface area contributed by atoms with E-state index in [9.17, 15) is 14.4 Å². The number of rotatable bonds is 4. The van der Waals surface area contributed by atoms with E-state index in [0.717, 1.165) is 18.2 Å². The largest absolute Gasteiger partial charge is 0.452 e. The van der Waals surface area contributed by atoms with Crippen molar-refractivity contribution in [2.24, 2.45) is 0 Å². The number of ether oxygens (including phenoxy) is 2. The van der Waals surface area contributed by atoms with Crippen molar-refractivity contribution in [1.29, 1.82) is 0 Å². The van der Waals surface area contributed by atoms with E-state index in [1.54, 1.807) is 29.4 Å². The summed E-state index contributed by atoms with van der Waals surface area (Å²) in [5.74, 6) is 1.00. The first-order chi connectivity index (χ1) is 19.1. The lowest BCUT2D eigenvalue weighted by atomic mass is 10.0. The first kappa shape index (κ1) is 25.8. The molecule has 40 heavy (non-hydrogen) atoms. The van der Waals surface area contributed by atoms with Gasteiger partial charge in [0.25, 0.3) is 5.91 Å². The van der Waals surface area contributed by atoms with Gasteiger partial charge in [-0.2, -0.15) is 5.10 Å². The molecule has 2 aromatic heterocycles. The lowest BCUT2D eigenvalue weighted by Crippen LogP contribution is -2.51. The zero-order chi connectivity index (χ0) is 28.2. The lowest BCUT2D eigenvalue weighted by molar-refractivity contribution is -0.122. The molecule has 208 valence electrons. The van der Waals surface area contributed by atoms with Crippen LogP contribution in [0.1, 0.15) is 62.9 Å². The molecule has 0 aliphatic carbocycles. The highest BCUT2D eigenvalue weighted by molar-refractivity contribution is 6.26. The molecule has 1 unspecified atom stereocenters. The molecular formula is C29H32N6O5. The molecule has 2 saturated heterocycles. The summed E-state index contributed by atoms with van der Waals surface area (Å²) in [6.07, 6.45) is 7.39. The molecule has 11 nitrogen and oxygen atoms in total. The first-order valence-electron chi connectivity index (χ1n) is 13.5. The monoisotopic (exact) mass is 544 g/mol. The number of carbonyl (C=O) groups excluding carboxylic acids is 3. The van der Waals surface area contributed by atoms with Gasteiger partial charge < -0.3 is 19.7 Å². The van der Waals surface area contributed by atoms with E-state index >= 15 is 0 Å². The van der Waals surface area contributed by atoms with Crippen molar-refractivity contribution in [1.82, 2.24) is 25.0 Å². The predicted molar refractivity (Wildman–Crippen MR) is 147 cm³/mol. The number of allylic oxidation sites excluding steroid dienone is 1. The number of carbonyl (C=O) groups is 3. The maximum Gasteiger partial charge on any atom is 0.410 e. The molecule has 0 radical (unpaired) electrons. The summed E-state index contributed by atoms with van der Waals surface area (Å²) in [4.78, 5) is 46.3. The van der Waals surface area contributed by atoms with Gasteiger partial charge in [0.2, 0.25) is 5.91 Å². The topological polar surface area (TPSA) is 119 Å². The Hall–Kier alpha value is -4.41. The summed E-state index contributed by atoms with van der Waals surface area (Å²) in [5.41, 5.74) is 0.627. The average molecular weight is 545 g/mol. The van der Waals surface area contributed by atoms with Gasteiger partial charge in [-0.25, -0.2) is 9.78 Å². The van der Waals surface area contributed by atoms with E-state index in [1.165, 1.54) is 4.90 Å². The van der Waals surface area contributed by atoms with Crippen LogP contribution in [-0.2, 0) is 9.53 Å². The van der Waals surface area contributed by atoms with Crippen molar-refractivity contribution in [3.05, 3.63) is 54.6 Å². The minimum atomic E-state index is -0.646. The first-order valence-corrected chi connectivity index (χ1v) is 13.5. The number of amides is 3. The fourth-order valence-corrected chi connectivity index (χ4v) is 5.56. The van der Waals surface area contributed by atoms with Crippen LogP contribution in [0.3, 0.4) is 0 Å². The van der Waals surface area contributed by atoms with Crippen LogP contribution in [0.2, 0.25) is 0 Å². The molecule has 1 atom stereocenters. The molecule has 1 N–H and O–H groups in total. The van der Waals surface area contributed by atoms with E-state index in [2.05, 4.69) is 22.0 Å². The van der Waals surface area contributed by atoms with Gasteiger partial charge in [-0.3, -0.25) is 19.2 Å². The van der Waals surface area contributed by atoms with E-state index < -0.39 is 11.6 Å². The second-order valence-electron chi connectivity index (χ2n) is 11.5. The maximum atomic E-state index is 13.4. The zero-order valence-electron chi connectivity index (χ0n) is 22.8. The van der Waals surface area contributed by atoms with E-state index in [0.29, 0.717) is 59.9 Å². The van der Waals surface area contributed by atoms with Gasteiger partial charge in [-0.05, 0) is 52.5 Å². The van der Waals surface area contributed by atoms with Gasteiger partial charge in [-0.1, -0.05) is 18.7 Å². The molecule has 0 spiro atoms. The Morgan fingerprint density at radius 1 is 1.12 bits per heavy atom. The summed E-state index contributed by atoms with van der Waals surface area (Å²) < 4.78 is 13.6. The van der Waals surface area contributed by atoms with Gasteiger partial charge >= 0.3 is 6.09 Å². The number of hydrogen-bond donors (Lipinski definition) is 1. The van der Waals surface area contributed by atoms with E-state index in [4.69, 9.17) is 9.47 Å². The summed E-state index contributed by atoms with van der Waals surface area (Å²) in [6.45, 7) is 10.6. The number of benzene rings is 1. The summed E-state index contributed by atoms with van der Waals surface area (Å²) in [6, 6.07) is 4.93. The van der Waals surface area contributed by atoms with Gasteiger partial charge in [0.05, 0.1) is 30.2 Å². The van der Waals surface area contributed by atoms with Crippen molar-refractivity contribution in [2.75, 3.05) is 18.0 Å². The molecule has 0 bridgehead atoms. The van der Waals surface area contributed by atoms with Crippen LogP contribution in [-0.4, -0.2) is 62.3 Å². The molecular weight excluding hydrogens is 512 g/mol. The van der Waals surface area contributed by atoms with Crippen LogP contribution in [0.5, 0.6) is 11.5 Å². The molecule has 1 aromatic carbocycles.